The van der Waals surface area contributed by atoms with E-state index >= 15 is 0 Å². The van der Waals surface area contributed by atoms with Crippen LogP contribution in [0.25, 0.3) is 11.0 Å². The highest BCUT2D eigenvalue weighted by Crippen LogP contribution is 2.28. The first-order chi connectivity index (χ1) is 8.88. The summed E-state index contributed by atoms with van der Waals surface area (Å²) in [5.41, 5.74) is 3.12. The Bertz CT molecular complexity index is 516. The van der Waals surface area contributed by atoms with Crippen LogP contribution in [-0.2, 0) is 0 Å². The lowest BCUT2D eigenvalue weighted by Crippen LogP contribution is -2.34. The van der Waals surface area contributed by atoms with Crippen molar-refractivity contribution in [2.24, 2.45) is 5.92 Å². The number of anilines is 1. The zero-order chi connectivity index (χ0) is 12.4. The number of rotatable bonds is 3. The fraction of sp³-hybridized carbons (Fsp3) is 0.538. The molecule has 0 radical (unpaired) electrons. The molecule has 1 saturated heterocycles. The van der Waals surface area contributed by atoms with Gasteiger partial charge in [-0.2, -0.15) is 0 Å². The Labute approximate surface area is 106 Å². The highest BCUT2D eigenvalue weighted by Gasteiger charge is 2.20. The van der Waals surface area contributed by atoms with Gasteiger partial charge in [0, 0.05) is 19.7 Å². The molecule has 0 unspecified atom stereocenters. The van der Waals surface area contributed by atoms with E-state index in [1.807, 2.05) is 12.1 Å². The summed E-state index contributed by atoms with van der Waals surface area (Å²) in [6.45, 7) is 2.39. The third kappa shape index (κ3) is 2.06. The van der Waals surface area contributed by atoms with E-state index in [0.717, 1.165) is 43.4 Å². The Hall–Kier alpha value is -1.62. The molecule has 18 heavy (non-hydrogen) atoms. The minimum atomic E-state index is 0.309. The first-order valence-electron chi connectivity index (χ1n) is 6.54. The number of hydrogen-bond acceptors (Lipinski definition) is 4. The van der Waals surface area contributed by atoms with Crippen molar-refractivity contribution < 1.29 is 5.11 Å². The number of aliphatic hydroxyl groups excluding tert-OH is 1. The number of nitrogens with one attached hydrogen (secondary N) is 1. The quantitative estimate of drug-likeness (QED) is 0.862. The van der Waals surface area contributed by atoms with E-state index in [9.17, 15) is 0 Å². The predicted octanol–water partition coefficient (Wildman–Crippen LogP) is 1.56. The Balaban J connectivity index is 1.78. The molecule has 0 amide bonds. The Kier molecular flexibility index (Phi) is 3.15. The molecule has 2 N–H and O–H groups in total. The van der Waals surface area contributed by atoms with Crippen LogP contribution in [0.2, 0.25) is 0 Å². The zero-order valence-corrected chi connectivity index (χ0v) is 10.3. The summed E-state index contributed by atoms with van der Waals surface area (Å²) in [6.07, 6.45) is 3.23. The third-order valence-electron chi connectivity index (χ3n) is 3.83. The summed E-state index contributed by atoms with van der Waals surface area (Å²) in [5, 5.41) is 19.9. The fourth-order valence-electron chi connectivity index (χ4n) is 2.76. The summed E-state index contributed by atoms with van der Waals surface area (Å²) in [5.74, 6) is 0.669. The van der Waals surface area contributed by atoms with Crippen molar-refractivity contribution in [3.8, 4) is 0 Å². The van der Waals surface area contributed by atoms with Gasteiger partial charge in [-0.05, 0) is 37.3 Å². The number of aliphatic hydroxyl groups is 1. The van der Waals surface area contributed by atoms with Gasteiger partial charge in [0.15, 0.2) is 0 Å². The molecule has 1 fully saturated rings. The summed E-state index contributed by atoms with van der Waals surface area (Å²) < 4.78 is 0. The number of piperidine rings is 1. The van der Waals surface area contributed by atoms with Crippen LogP contribution in [0, 0.1) is 5.92 Å². The molecule has 0 aliphatic carbocycles. The van der Waals surface area contributed by atoms with Gasteiger partial charge in [0.2, 0.25) is 0 Å². The second kappa shape index (κ2) is 4.94. The van der Waals surface area contributed by atoms with Crippen molar-refractivity contribution >= 4 is 16.7 Å². The lowest BCUT2D eigenvalue weighted by molar-refractivity contribution is 0.240. The molecule has 3 rings (SSSR count). The summed E-state index contributed by atoms with van der Waals surface area (Å²) in [7, 11) is 0. The second-order valence-electron chi connectivity index (χ2n) is 4.93. The minimum Gasteiger partial charge on any atom is -0.396 e. The summed E-state index contributed by atoms with van der Waals surface area (Å²) >= 11 is 0. The molecule has 1 aliphatic rings. The maximum absolute atomic E-state index is 8.98. The predicted molar refractivity (Wildman–Crippen MR) is 70.5 cm³/mol. The molecule has 1 aromatic carbocycles. The Morgan fingerprint density at radius 2 is 2.17 bits per heavy atom. The summed E-state index contributed by atoms with van der Waals surface area (Å²) in [6, 6.07) is 6.14. The van der Waals surface area contributed by atoms with Crippen molar-refractivity contribution in [1.29, 1.82) is 0 Å². The monoisotopic (exact) mass is 246 g/mol. The van der Waals surface area contributed by atoms with Gasteiger partial charge >= 0.3 is 0 Å². The molecule has 2 aromatic rings. The van der Waals surface area contributed by atoms with Gasteiger partial charge in [0.1, 0.15) is 5.52 Å². The van der Waals surface area contributed by atoms with E-state index in [1.165, 1.54) is 5.69 Å². The molecule has 0 spiro atoms. The lowest BCUT2D eigenvalue weighted by atomic mass is 9.93. The van der Waals surface area contributed by atoms with Crippen LogP contribution in [0.5, 0.6) is 0 Å². The van der Waals surface area contributed by atoms with Gasteiger partial charge in [0.25, 0.3) is 0 Å². The van der Waals surface area contributed by atoms with Gasteiger partial charge < -0.3 is 10.0 Å². The topological polar surface area (TPSA) is 65.0 Å². The largest absolute Gasteiger partial charge is 0.396 e. The molecular weight excluding hydrogens is 228 g/mol. The molecule has 0 atom stereocenters. The molecule has 5 heteroatoms. The average molecular weight is 246 g/mol. The van der Waals surface area contributed by atoms with E-state index in [-0.39, 0.29) is 0 Å². The van der Waals surface area contributed by atoms with E-state index in [0.29, 0.717) is 12.5 Å². The van der Waals surface area contributed by atoms with Crippen molar-refractivity contribution in [2.75, 3.05) is 24.6 Å². The van der Waals surface area contributed by atoms with Crippen molar-refractivity contribution in [3.63, 3.8) is 0 Å². The highest BCUT2D eigenvalue weighted by molar-refractivity contribution is 5.87. The SMILES string of the molecule is OCCC1CCN(c2cccc3[nH]nnc23)CC1. The lowest BCUT2D eigenvalue weighted by Gasteiger charge is -2.33. The number of benzene rings is 1. The molecular formula is C13H18N4O. The van der Waals surface area contributed by atoms with Gasteiger partial charge in [-0.15, -0.1) is 5.10 Å². The maximum atomic E-state index is 8.98. The number of fused-ring (bicyclic) bond motifs is 1. The van der Waals surface area contributed by atoms with E-state index in [4.69, 9.17) is 5.11 Å². The highest BCUT2D eigenvalue weighted by atomic mass is 16.3. The second-order valence-corrected chi connectivity index (χ2v) is 4.93. The third-order valence-corrected chi connectivity index (χ3v) is 3.83. The number of aromatic nitrogens is 3. The molecule has 0 saturated carbocycles. The Morgan fingerprint density at radius 1 is 1.33 bits per heavy atom. The van der Waals surface area contributed by atoms with Crippen LogP contribution >= 0.6 is 0 Å². The first-order valence-corrected chi connectivity index (χ1v) is 6.54. The average Bonchev–Trinajstić information content (AvgIpc) is 2.88. The van der Waals surface area contributed by atoms with Crippen LogP contribution in [0.1, 0.15) is 19.3 Å². The normalized spacial score (nSPS) is 17.5. The van der Waals surface area contributed by atoms with Gasteiger partial charge in [-0.1, -0.05) is 11.3 Å². The zero-order valence-electron chi connectivity index (χ0n) is 10.3. The van der Waals surface area contributed by atoms with E-state index in [2.05, 4.69) is 26.4 Å². The molecule has 5 nitrogen and oxygen atoms in total. The van der Waals surface area contributed by atoms with Crippen molar-refractivity contribution in [2.45, 2.75) is 19.3 Å². The standard InChI is InChI=1S/C13H18N4O/c18-9-6-10-4-7-17(8-5-10)12-3-1-2-11-13(12)15-16-14-11/h1-3,10,18H,4-9H2,(H,14,15,16). The van der Waals surface area contributed by atoms with Crippen molar-refractivity contribution in [3.05, 3.63) is 18.2 Å². The van der Waals surface area contributed by atoms with Gasteiger partial charge in [-0.3, -0.25) is 5.10 Å². The number of hydrogen-bond donors (Lipinski definition) is 2. The Morgan fingerprint density at radius 3 is 2.94 bits per heavy atom. The molecule has 1 aliphatic heterocycles. The van der Waals surface area contributed by atoms with Crippen LogP contribution < -0.4 is 4.90 Å². The van der Waals surface area contributed by atoms with Crippen LogP contribution in [-0.4, -0.2) is 40.2 Å². The van der Waals surface area contributed by atoms with E-state index < -0.39 is 0 Å². The minimum absolute atomic E-state index is 0.309. The van der Waals surface area contributed by atoms with Crippen LogP contribution in [0.3, 0.4) is 0 Å². The van der Waals surface area contributed by atoms with E-state index in [1.54, 1.807) is 0 Å². The molecule has 0 bridgehead atoms. The molecule has 2 heterocycles. The van der Waals surface area contributed by atoms with Gasteiger partial charge in [0.05, 0.1) is 11.2 Å². The van der Waals surface area contributed by atoms with Crippen molar-refractivity contribution in [1.82, 2.24) is 15.4 Å². The van der Waals surface area contributed by atoms with Gasteiger partial charge in [-0.25, -0.2) is 0 Å². The number of H-pyrrole nitrogens is 1. The first kappa shape index (κ1) is 11.5. The number of nitrogens with zero attached hydrogens (tertiary/aromatic N) is 3. The van der Waals surface area contributed by atoms with Crippen LogP contribution in [0.4, 0.5) is 5.69 Å². The summed E-state index contributed by atoms with van der Waals surface area (Å²) in [4.78, 5) is 2.37. The maximum Gasteiger partial charge on any atom is 0.136 e. The molecule has 1 aromatic heterocycles. The van der Waals surface area contributed by atoms with Crippen LogP contribution in [0.15, 0.2) is 18.2 Å². The molecule has 96 valence electrons. The fourth-order valence-corrected chi connectivity index (χ4v) is 2.76. The smallest absolute Gasteiger partial charge is 0.136 e. The number of aromatic amines is 1.